The molecule has 1 aliphatic heterocycles. The molecular weight excluding hydrogens is 304 g/mol. The molecule has 126 valence electrons. The van der Waals surface area contributed by atoms with Crippen LogP contribution in [-0.2, 0) is 9.53 Å². The van der Waals surface area contributed by atoms with Gasteiger partial charge in [-0.05, 0) is 24.3 Å². The second-order valence-corrected chi connectivity index (χ2v) is 5.58. The standard InChI is InChI=1S/C19H22N2O3/c22-19(21-12-14-23-15-13-21)10-11-20-17-8-4-5-9-18(17)24-16-6-2-1-3-7-16/h1-9,20H,10-15H2. The quantitative estimate of drug-likeness (QED) is 0.886. The molecular formula is C19H22N2O3. The van der Waals surface area contributed by atoms with Gasteiger partial charge in [-0.2, -0.15) is 0 Å². The molecule has 1 aliphatic rings. The minimum absolute atomic E-state index is 0.159. The van der Waals surface area contributed by atoms with Crippen LogP contribution in [0.2, 0.25) is 0 Å². The summed E-state index contributed by atoms with van der Waals surface area (Å²) in [6.07, 6.45) is 0.458. The number of hydrogen-bond donors (Lipinski definition) is 1. The normalized spacial score (nSPS) is 14.2. The molecule has 0 bridgehead atoms. The highest BCUT2D eigenvalue weighted by atomic mass is 16.5. The van der Waals surface area contributed by atoms with Gasteiger partial charge in [0, 0.05) is 26.1 Å². The molecule has 5 nitrogen and oxygen atoms in total. The average molecular weight is 326 g/mol. The minimum Gasteiger partial charge on any atom is -0.455 e. The molecule has 1 heterocycles. The Kier molecular flexibility index (Phi) is 5.69. The fraction of sp³-hybridized carbons (Fsp3) is 0.316. The zero-order valence-corrected chi connectivity index (χ0v) is 13.6. The first-order valence-electron chi connectivity index (χ1n) is 8.24. The number of benzene rings is 2. The minimum atomic E-state index is 0.159. The fourth-order valence-electron chi connectivity index (χ4n) is 2.59. The van der Waals surface area contributed by atoms with Crippen LogP contribution in [0, 0.1) is 0 Å². The van der Waals surface area contributed by atoms with Crippen molar-refractivity contribution >= 4 is 11.6 Å². The van der Waals surface area contributed by atoms with Gasteiger partial charge in [-0.3, -0.25) is 4.79 Å². The van der Waals surface area contributed by atoms with E-state index in [1.165, 1.54) is 0 Å². The lowest BCUT2D eigenvalue weighted by atomic mass is 10.2. The van der Waals surface area contributed by atoms with Crippen LogP contribution in [0.5, 0.6) is 11.5 Å². The molecule has 0 aromatic heterocycles. The van der Waals surface area contributed by atoms with E-state index in [-0.39, 0.29) is 5.91 Å². The molecule has 3 rings (SSSR count). The maximum absolute atomic E-state index is 12.2. The van der Waals surface area contributed by atoms with Crippen molar-refractivity contribution in [1.29, 1.82) is 0 Å². The smallest absolute Gasteiger partial charge is 0.224 e. The number of nitrogens with zero attached hydrogens (tertiary/aromatic N) is 1. The van der Waals surface area contributed by atoms with Crippen LogP contribution in [0.1, 0.15) is 6.42 Å². The molecule has 0 spiro atoms. The summed E-state index contributed by atoms with van der Waals surface area (Å²) < 4.78 is 11.2. The second-order valence-electron chi connectivity index (χ2n) is 5.58. The molecule has 0 atom stereocenters. The lowest BCUT2D eigenvalue weighted by Gasteiger charge is -2.27. The topological polar surface area (TPSA) is 50.8 Å². The van der Waals surface area contributed by atoms with Crippen LogP contribution in [0.25, 0.3) is 0 Å². The molecule has 0 unspecified atom stereocenters. The number of morpholine rings is 1. The molecule has 1 saturated heterocycles. The number of carbonyl (C=O) groups excluding carboxylic acids is 1. The van der Waals surface area contributed by atoms with Crippen LogP contribution >= 0.6 is 0 Å². The third-order valence-electron chi connectivity index (χ3n) is 3.88. The summed E-state index contributed by atoms with van der Waals surface area (Å²) in [7, 11) is 0. The molecule has 1 amide bonds. The lowest BCUT2D eigenvalue weighted by molar-refractivity contribution is -0.134. The number of para-hydroxylation sites is 3. The molecule has 5 heteroatoms. The van der Waals surface area contributed by atoms with E-state index < -0.39 is 0 Å². The first-order chi connectivity index (χ1) is 11.8. The Morgan fingerprint density at radius 1 is 1.04 bits per heavy atom. The summed E-state index contributed by atoms with van der Waals surface area (Å²) in [6.45, 7) is 3.21. The third kappa shape index (κ3) is 4.49. The van der Waals surface area contributed by atoms with E-state index in [0.717, 1.165) is 17.2 Å². The molecule has 2 aromatic rings. The predicted molar refractivity (Wildman–Crippen MR) is 93.5 cm³/mol. The van der Waals surface area contributed by atoms with Crippen molar-refractivity contribution in [3.05, 3.63) is 54.6 Å². The van der Waals surface area contributed by atoms with Gasteiger partial charge < -0.3 is 19.7 Å². The fourth-order valence-corrected chi connectivity index (χ4v) is 2.59. The lowest BCUT2D eigenvalue weighted by Crippen LogP contribution is -2.41. The highest BCUT2D eigenvalue weighted by Gasteiger charge is 2.16. The summed E-state index contributed by atoms with van der Waals surface area (Å²) in [5.41, 5.74) is 0.885. The number of nitrogens with one attached hydrogen (secondary N) is 1. The van der Waals surface area contributed by atoms with Crippen molar-refractivity contribution in [2.45, 2.75) is 6.42 Å². The van der Waals surface area contributed by atoms with Crippen molar-refractivity contribution in [3.63, 3.8) is 0 Å². The van der Waals surface area contributed by atoms with Crippen molar-refractivity contribution in [1.82, 2.24) is 4.90 Å². The predicted octanol–water partition coefficient (Wildman–Crippen LogP) is 3.14. The van der Waals surface area contributed by atoms with Gasteiger partial charge >= 0.3 is 0 Å². The van der Waals surface area contributed by atoms with Crippen molar-refractivity contribution < 1.29 is 14.3 Å². The van der Waals surface area contributed by atoms with E-state index in [1.807, 2.05) is 59.5 Å². The highest BCUT2D eigenvalue weighted by molar-refractivity contribution is 5.77. The molecule has 0 radical (unpaired) electrons. The Bertz CT molecular complexity index is 655. The highest BCUT2D eigenvalue weighted by Crippen LogP contribution is 2.28. The summed E-state index contributed by atoms with van der Waals surface area (Å²) >= 11 is 0. The Balaban J connectivity index is 1.54. The van der Waals surface area contributed by atoms with Gasteiger partial charge in [-0.15, -0.1) is 0 Å². The van der Waals surface area contributed by atoms with Crippen LogP contribution < -0.4 is 10.1 Å². The number of ether oxygens (including phenoxy) is 2. The van der Waals surface area contributed by atoms with Gasteiger partial charge in [-0.25, -0.2) is 0 Å². The zero-order valence-electron chi connectivity index (χ0n) is 13.6. The molecule has 24 heavy (non-hydrogen) atoms. The summed E-state index contributed by atoms with van der Waals surface area (Å²) in [6, 6.07) is 17.4. The zero-order chi connectivity index (χ0) is 16.6. The van der Waals surface area contributed by atoms with Crippen molar-refractivity contribution in [2.24, 2.45) is 0 Å². The molecule has 0 saturated carbocycles. The van der Waals surface area contributed by atoms with E-state index in [4.69, 9.17) is 9.47 Å². The Hall–Kier alpha value is -2.53. The van der Waals surface area contributed by atoms with Gasteiger partial charge in [0.2, 0.25) is 5.91 Å². The summed E-state index contributed by atoms with van der Waals surface area (Å²) in [4.78, 5) is 14.0. The Morgan fingerprint density at radius 2 is 1.75 bits per heavy atom. The van der Waals surface area contributed by atoms with E-state index in [1.54, 1.807) is 0 Å². The maximum Gasteiger partial charge on any atom is 0.224 e. The number of hydrogen-bond acceptors (Lipinski definition) is 4. The maximum atomic E-state index is 12.2. The second kappa shape index (κ2) is 8.36. The van der Waals surface area contributed by atoms with Crippen LogP contribution in [0.3, 0.4) is 0 Å². The van der Waals surface area contributed by atoms with Crippen molar-refractivity contribution in [2.75, 3.05) is 38.2 Å². The van der Waals surface area contributed by atoms with Crippen LogP contribution in [-0.4, -0.2) is 43.7 Å². The first-order valence-corrected chi connectivity index (χ1v) is 8.24. The van der Waals surface area contributed by atoms with Crippen molar-refractivity contribution in [3.8, 4) is 11.5 Å². The van der Waals surface area contributed by atoms with Gasteiger partial charge in [-0.1, -0.05) is 30.3 Å². The number of carbonyl (C=O) groups is 1. The van der Waals surface area contributed by atoms with Crippen LogP contribution in [0.15, 0.2) is 54.6 Å². The number of rotatable bonds is 6. The molecule has 1 N–H and O–H groups in total. The molecule has 0 aliphatic carbocycles. The Labute approximate surface area is 142 Å². The van der Waals surface area contributed by atoms with Gasteiger partial charge in [0.1, 0.15) is 5.75 Å². The Morgan fingerprint density at radius 3 is 2.54 bits per heavy atom. The van der Waals surface area contributed by atoms with E-state index >= 15 is 0 Å². The molecule has 2 aromatic carbocycles. The summed E-state index contributed by atoms with van der Waals surface area (Å²) in [5.74, 6) is 1.70. The van der Waals surface area contributed by atoms with Crippen LogP contribution in [0.4, 0.5) is 5.69 Å². The summed E-state index contributed by atoms with van der Waals surface area (Å²) in [5, 5.41) is 3.30. The van der Waals surface area contributed by atoms with E-state index in [2.05, 4.69) is 5.32 Å². The molecule has 1 fully saturated rings. The number of amides is 1. The monoisotopic (exact) mass is 326 g/mol. The van der Waals surface area contributed by atoms with Gasteiger partial charge in [0.25, 0.3) is 0 Å². The van der Waals surface area contributed by atoms with Gasteiger partial charge in [0.05, 0.1) is 18.9 Å². The van der Waals surface area contributed by atoms with E-state index in [0.29, 0.717) is 39.3 Å². The largest absolute Gasteiger partial charge is 0.455 e. The SMILES string of the molecule is O=C(CCNc1ccccc1Oc1ccccc1)N1CCOCC1. The number of anilines is 1. The first kappa shape index (κ1) is 16.3. The third-order valence-corrected chi connectivity index (χ3v) is 3.88. The van der Waals surface area contributed by atoms with E-state index in [9.17, 15) is 4.79 Å². The average Bonchev–Trinajstić information content (AvgIpc) is 2.64. The van der Waals surface area contributed by atoms with Gasteiger partial charge in [0.15, 0.2) is 5.75 Å².